The van der Waals surface area contributed by atoms with Crippen molar-refractivity contribution < 1.29 is 0 Å². The molecule has 0 unspecified atom stereocenters. The molecular weight excluding hydrogens is 250 g/mol. The zero-order valence-electron chi connectivity index (χ0n) is 13.7. The van der Waals surface area contributed by atoms with E-state index in [0.29, 0.717) is 6.29 Å². The van der Waals surface area contributed by atoms with Crippen molar-refractivity contribution in [1.29, 1.82) is 0 Å². The SMILES string of the molecule is CCCCCN1[SiH2]N(CCCCC)C1N(CC)CC. The molecule has 0 atom stereocenters. The second kappa shape index (κ2) is 9.92. The van der Waals surface area contributed by atoms with E-state index in [1.54, 1.807) is 0 Å². The van der Waals surface area contributed by atoms with E-state index in [4.69, 9.17) is 0 Å². The fourth-order valence-electron chi connectivity index (χ4n) is 3.03. The third-order valence-electron chi connectivity index (χ3n) is 4.25. The summed E-state index contributed by atoms with van der Waals surface area (Å²) in [5.41, 5.74) is 0. The van der Waals surface area contributed by atoms with Crippen LogP contribution in [-0.2, 0) is 0 Å². The molecule has 0 aromatic heterocycles. The Morgan fingerprint density at radius 1 is 0.789 bits per heavy atom. The van der Waals surface area contributed by atoms with Gasteiger partial charge in [-0.2, -0.15) is 0 Å². The molecule has 19 heavy (non-hydrogen) atoms. The monoisotopic (exact) mass is 285 g/mol. The minimum absolute atomic E-state index is 0.107. The lowest BCUT2D eigenvalue weighted by Gasteiger charge is -2.55. The van der Waals surface area contributed by atoms with Gasteiger partial charge in [-0.1, -0.05) is 53.4 Å². The number of hydrogen-bond acceptors (Lipinski definition) is 3. The Labute approximate surface area is 123 Å². The molecule has 0 bridgehead atoms. The maximum Gasteiger partial charge on any atom is 0.177 e. The van der Waals surface area contributed by atoms with Crippen molar-refractivity contribution >= 4 is 9.84 Å². The van der Waals surface area contributed by atoms with Crippen LogP contribution in [0.25, 0.3) is 0 Å². The van der Waals surface area contributed by atoms with Gasteiger partial charge >= 0.3 is 0 Å². The van der Waals surface area contributed by atoms with E-state index in [0.717, 1.165) is 0 Å². The maximum absolute atomic E-state index is 2.80. The quantitative estimate of drug-likeness (QED) is 0.427. The molecule has 0 amide bonds. The summed E-state index contributed by atoms with van der Waals surface area (Å²) in [4.78, 5) is 2.63. The van der Waals surface area contributed by atoms with Gasteiger partial charge in [0.15, 0.2) is 9.84 Å². The lowest BCUT2D eigenvalue weighted by atomic mass is 10.2. The number of hydrogen-bond donors (Lipinski definition) is 0. The van der Waals surface area contributed by atoms with Crippen LogP contribution < -0.4 is 0 Å². The third-order valence-corrected chi connectivity index (χ3v) is 6.27. The Balaban J connectivity index is 2.40. The van der Waals surface area contributed by atoms with Gasteiger partial charge in [-0.3, -0.25) is 14.0 Å². The first kappa shape index (κ1) is 17.1. The van der Waals surface area contributed by atoms with E-state index in [1.165, 1.54) is 64.7 Å². The summed E-state index contributed by atoms with van der Waals surface area (Å²) in [6.07, 6.45) is 8.90. The molecule has 1 heterocycles. The normalized spacial score (nSPS) is 22.3. The lowest BCUT2D eigenvalue weighted by molar-refractivity contribution is -0.0392. The van der Waals surface area contributed by atoms with Gasteiger partial charge < -0.3 is 0 Å². The Morgan fingerprint density at radius 3 is 1.63 bits per heavy atom. The van der Waals surface area contributed by atoms with Crippen molar-refractivity contribution in [3.05, 3.63) is 0 Å². The molecule has 0 aliphatic carbocycles. The molecule has 1 fully saturated rings. The van der Waals surface area contributed by atoms with E-state index in [1.807, 2.05) is 0 Å². The van der Waals surface area contributed by atoms with E-state index < -0.39 is 0 Å². The predicted molar refractivity (Wildman–Crippen MR) is 87.7 cm³/mol. The molecular formula is C15H35N3Si. The van der Waals surface area contributed by atoms with E-state index in [-0.39, 0.29) is 9.84 Å². The van der Waals surface area contributed by atoms with Crippen LogP contribution in [0.15, 0.2) is 0 Å². The zero-order valence-corrected chi connectivity index (χ0v) is 15.1. The Kier molecular flexibility index (Phi) is 8.95. The molecule has 3 nitrogen and oxygen atoms in total. The van der Waals surface area contributed by atoms with E-state index in [9.17, 15) is 0 Å². The maximum atomic E-state index is 2.80. The van der Waals surface area contributed by atoms with Crippen LogP contribution in [0.5, 0.6) is 0 Å². The molecule has 1 aliphatic heterocycles. The van der Waals surface area contributed by atoms with Crippen LogP contribution in [0.1, 0.15) is 66.2 Å². The zero-order chi connectivity index (χ0) is 14.1. The molecule has 0 saturated carbocycles. The second-order valence-electron chi connectivity index (χ2n) is 5.75. The molecule has 0 spiro atoms. The van der Waals surface area contributed by atoms with Gasteiger partial charge in [-0.15, -0.1) is 0 Å². The molecule has 1 saturated heterocycles. The van der Waals surface area contributed by atoms with Gasteiger partial charge in [-0.05, 0) is 39.0 Å². The van der Waals surface area contributed by atoms with Crippen molar-refractivity contribution in [2.45, 2.75) is 72.5 Å². The van der Waals surface area contributed by atoms with Crippen LogP contribution in [0, 0.1) is 0 Å². The van der Waals surface area contributed by atoms with Gasteiger partial charge in [0.05, 0.1) is 0 Å². The number of unbranched alkanes of at least 4 members (excludes halogenated alkanes) is 4. The highest BCUT2D eigenvalue weighted by atomic mass is 28.2. The minimum atomic E-state index is -0.107. The summed E-state index contributed by atoms with van der Waals surface area (Å²) >= 11 is 0. The minimum Gasteiger partial charge on any atom is -0.289 e. The van der Waals surface area contributed by atoms with Crippen molar-refractivity contribution in [3.63, 3.8) is 0 Å². The Morgan fingerprint density at radius 2 is 1.26 bits per heavy atom. The van der Waals surface area contributed by atoms with Crippen LogP contribution in [0.4, 0.5) is 0 Å². The molecule has 0 radical (unpaired) electrons. The first-order valence-corrected chi connectivity index (χ1v) is 9.77. The summed E-state index contributed by atoms with van der Waals surface area (Å²) in [6, 6.07) is 0. The van der Waals surface area contributed by atoms with Crippen LogP contribution in [0.2, 0.25) is 0 Å². The average Bonchev–Trinajstić information content (AvgIpc) is 2.41. The summed E-state index contributed by atoms with van der Waals surface area (Å²) in [7, 11) is -0.107. The van der Waals surface area contributed by atoms with E-state index >= 15 is 0 Å². The fourth-order valence-corrected chi connectivity index (χ4v) is 5.13. The van der Waals surface area contributed by atoms with Gasteiger partial charge in [-0.25, -0.2) is 0 Å². The highest BCUT2D eigenvalue weighted by molar-refractivity contribution is 6.32. The average molecular weight is 286 g/mol. The van der Waals surface area contributed by atoms with Crippen LogP contribution in [-0.4, -0.2) is 56.3 Å². The first-order valence-electron chi connectivity index (χ1n) is 8.50. The smallest absolute Gasteiger partial charge is 0.177 e. The fraction of sp³-hybridized carbons (Fsp3) is 1.00. The van der Waals surface area contributed by atoms with Crippen LogP contribution >= 0.6 is 0 Å². The Hall–Kier alpha value is 0.0969. The largest absolute Gasteiger partial charge is 0.289 e. The van der Waals surface area contributed by atoms with Crippen molar-refractivity contribution in [1.82, 2.24) is 14.0 Å². The van der Waals surface area contributed by atoms with E-state index in [2.05, 4.69) is 41.7 Å². The second-order valence-corrected chi connectivity index (χ2v) is 7.66. The number of nitrogens with zero attached hydrogens (tertiary/aromatic N) is 3. The predicted octanol–water partition coefficient (Wildman–Crippen LogP) is 2.61. The van der Waals surface area contributed by atoms with Gasteiger partial charge in [0, 0.05) is 0 Å². The highest BCUT2D eigenvalue weighted by Crippen LogP contribution is 2.21. The molecule has 4 heteroatoms. The summed E-state index contributed by atoms with van der Waals surface area (Å²) in [5.74, 6) is 0. The molecule has 114 valence electrons. The molecule has 0 aromatic rings. The highest BCUT2D eigenvalue weighted by Gasteiger charge is 2.38. The molecule has 1 rings (SSSR count). The standard InChI is InChI=1S/C15H35N3Si/c1-5-9-11-13-17-15(16(7-3)8-4)18(19-17)14-12-10-6-2/h15H,5-14,19H2,1-4H3. The van der Waals surface area contributed by atoms with Gasteiger partial charge in [0.2, 0.25) is 0 Å². The summed E-state index contributed by atoms with van der Waals surface area (Å²) < 4.78 is 5.60. The van der Waals surface area contributed by atoms with Gasteiger partial charge in [0.1, 0.15) is 6.29 Å². The third kappa shape index (κ3) is 5.18. The Bertz CT molecular complexity index is 205. The first-order chi connectivity index (χ1) is 9.28. The van der Waals surface area contributed by atoms with Crippen molar-refractivity contribution in [3.8, 4) is 0 Å². The lowest BCUT2D eigenvalue weighted by Crippen LogP contribution is -2.72. The summed E-state index contributed by atoms with van der Waals surface area (Å²) in [5, 5.41) is 0. The van der Waals surface area contributed by atoms with Crippen LogP contribution in [0.3, 0.4) is 0 Å². The van der Waals surface area contributed by atoms with Crippen molar-refractivity contribution in [2.24, 2.45) is 0 Å². The summed E-state index contributed by atoms with van der Waals surface area (Å²) in [6.45, 7) is 14.2. The van der Waals surface area contributed by atoms with Gasteiger partial charge in [0.25, 0.3) is 0 Å². The molecule has 0 N–H and O–H groups in total. The molecule has 0 aromatic carbocycles. The number of rotatable bonds is 11. The molecule has 1 aliphatic rings. The topological polar surface area (TPSA) is 9.72 Å². The van der Waals surface area contributed by atoms with Crippen molar-refractivity contribution in [2.75, 3.05) is 26.2 Å².